The lowest BCUT2D eigenvalue weighted by Crippen LogP contribution is -2.11. The van der Waals surface area contributed by atoms with Crippen molar-refractivity contribution in [2.75, 3.05) is 40.6 Å². The Morgan fingerprint density at radius 3 is 1.45 bits per heavy atom. The van der Waals surface area contributed by atoms with E-state index in [1.54, 1.807) is 12.1 Å². The summed E-state index contributed by atoms with van der Waals surface area (Å²) in [6, 6.07) is 24.4. The number of fused-ring (bicyclic) bond motifs is 2. The molecule has 10 nitrogen and oxygen atoms in total. The fraction of sp³-hybridized carbons (Fsp3) is 0.220. The Bertz CT molecular complexity index is 2220. The summed E-state index contributed by atoms with van der Waals surface area (Å²) in [6.45, 7) is 1.41. The summed E-state index contributed by atoms with van der Waals surface area (Å²) in [7, 11) is 2.54. The minimum atomic E-state index is -0.591. The second kappa shape index (κ2) is 20.0. The van der Waals surface area contributed by atoms with Gasteiger partial charge >= 0.3 is 11.9 Å². The molecule has 0 amide bonds. The average molecular weight is 822 g/mol. The van der Waals surface area contributed by atoms with Crippen molar-refractivity contribution in [3.63, 3.8) is 0 Å². The number of pyridine rings is 2. The summed E-state index contributed by atoms with van der Waals surface area (Å²) in [5, 5.41) is 0.971. The van der Waals surface area contributed by atoms with Gasteiger partial charge in [0.15, 0.2) is 11.4 Å². The van der Waals surface area contributed by atoms with Crippen molar-refractivity contribution in [2.24, 2.45) is 0 Å². The summed E-state index contributed by atoms with van der Waals surface area (Å²) < 4.78 is 73.0. The van der Waals surface area contributed by atoms with E-state index in [1.165, 1.54) is 74.9 Å². The largest absolute Gasteiger partial charge is 0.494 e. The van der Waals surface area contributed by atoms with Gasteiger partial charge in [-0.3, -0.25) is 0 Å². The molecule has 0 N–H and O–H groups in total. The maximum absolute atomic E-state index is 13.6. The van der Waals surface area contributed by atoms with Crippen LogP contribution in [0.3, 0.4) is 0 Å². The van der Waals surface area contributed by atoms with Crippen molar-refractivity contribution in [1.82, 2.24) is 9.97 Å². The van der Waals surface area contributed by atoms with E-state index in [0.717, 1.165) is 23.7 Å². The van der Waals surface area contributed by atoms with Crippen LogP contribution in [0.15, 0.2) is 102 Å². The highest BCUT2D eigenvalue weighted by molar-refractivity contribution is 9.10. The van der Waals surface area contributed by atoms with E-state index in [4.69, 9.17) is 28.4 Å². The van der Waals surface area contributed by atoms with Crippen LogP contribution in [0.25, 0.3) is 21.8 Å². The molecule has 6 rings (SSSR count). The van der Waals surface area contributed by atoms with Gasteiger partial charge in [0.2, 0.25) is 0 Å². The van der Waals surface area contributed by atoms with Crippen LogP contribution in [0.2, 0.25) is 0 Å². The third-order valence-electron chi connectivity index (χ3n) is 7.81. The molecular formula is C41H36BrF3N2O8. The van der Waals surface area contributed by atoms with E-state index in [-0.39, 0.29) is 30.4 Å². The molecule has 0 radical (unpaired) electrons. The highest BCUT2D eigenvalue weighted by Crippen LogP contribution is 2.28. The van der Waals surface area contributed by atoms with Crippen LogP contribution >= 0.6 is 15.9 Å². The lowest BCUT2D eigenvalue weighted by molar-refractivity contribution is 0.0585. The number of halogens is 4. The molecule has 0 saturated carbocycles. The Morgan fingerprint density at radius 2 is 0.945 bits per heavy atom. The predicted octanol–water partition coefficient (Wildman–Crippen LogP) is 9.31. The summed E-state index contributed by atoms with van der Waals surface area (Å²) in [5.41, 5.74) is 1.10. The molecule has 0 aliphatic heterocycles. The minimum Gasteiger partial charge on any atom is -0.494 e. The number of nitrogens with zero attached hydrogens (tertiary/aromatic N) is 2. The van der Waals surface area contributed by atoms with Gasteiger partial charge in [0.1, 0.15) is 53.7 Å². The molecule has 0 aliphatic rings. The first-order valence-corrected chi connectivity index (χ1v) is 17.8. The Hall–Kier alpha value is -5.89. The van der Waals surface area contributed by atoms with Crippen molar-refractivity contribution < 1.29 is 51.2 Å². The van der Waals surface area contributed by atoms with Gasteiger partial charge in [0.05, 0.1) is 38.5 Å². The Kier molecular flexibility index (Phi) is 14.6. The molecule has 4 aromatic carbocycles. The number of esters is 2. The number of carbonyl (C=O) groups is 2. The van der Waals surface area contributed by atoms with Crippen molar-refractivity contribution in [3.05, 3.63) is 130 Å². The molecule has 2 heterocycles. The summed E-state index contributed by atoms with van der Waals surface area (Å²) in [4.78, 5) is 32.0. The fourth-order valence-electron chi connectivity index (χ4n) is 5.12. The molecular weight excluding hydrogens is 785 g/mol. The van der Waals surface area contributed by atoms with Crippen molar-refractivity contribution >= 4 is 49.7 Å². The number of hydrogen-bond donors (Lipinski definition) is 0. The smallest absolute Gasteiger partial charge is 0.356 e. The number of benzene rings is 4. The fourth-order valence-corrected chi connectivity index (χ4v) is 5.38. The number of carbonyl (C=O) groups excluding carboxylic acids is 2. The van der Waals surface area contributed by atoms with Gasteiger partial charge in [-0.1, -0.05) is 15.9 Å². The average Bonchev–Trinajstić information content (AvgIpc) is 3.20. The van der Waals surface area contributed by atoms with Gasteiger partial charge in [-0.2, -0.15) is 0 Å². The molecule has 0 bridgehead atoms. The summed E-state index contributed by atoms with van der Waals surface area (Å²) in [6.07, 6.45) is 2.40. The molecule has 55 heavy (non-hydrogen) atoms. The zero-order valence-corrected chi connectivity index (χ0v) is 31.4. The quantitative estimate of drug-likeness (QED) is 0.0734. The summed E-state index contributed by atoms with van der Waals surface area (Å²) in [5.74, 6) is -0.235. The van der Waals surface area contributed by atoms with Gasteiger partial charge in [0.25, 0.3) is 0 Å². The Labute approximate surface area is 323 Å². The first-order valence-electron chi connectivity index (χ1n) is 17.0. The maximum atomic E-state index is 13.6. The molecule has 14 heteroatoms. The first-order chi connectivity index (χ1) is 26.6. The molecule has 0 atom stereocenters. The van der Waals surface area contributed by atoms with Crippen molar-refractivity contribution in [1.29, 1.82) is 0 Å². The number of methoxy groups -OCH3 is 2. The molecule has 286 valence electrons. The molecule has 0 saturated heterocycles. The normalized spacial score (nSPS) is 10.7. The van der Waals surface area contributed by atoms with E-state index in [2.05, 4.69) is 25.9 Å². The van der Waals surface area contributed by atoms with Crippen molar-refractivity contribution in [3.8, 4) is 23.0 Å². The molecule has 2 aromatic heterocycles. The Morgan fingerprint density at radius 1 is 0.527 bits per heavy atom. The third-order valence-corrected chi connectivity index (χ3v) is 8.34. The maximum Gasteiger partial charge on any atom is 0.356 e. The lowest BCUT2D eigenvalue weighted by Gasteiger charge is -2.12. The molecule has 6 aromatic rings. The van der Waals surface area contributed by atoms with Crippen LogP contribution in [-0.4, -0.2) is 62.6 Å². The number of aromatic nitrogens is 2. The van der Waals surface area contributed by atoms with E-state index < -0.39 is 23.6 Å². The van der Waals surface area contributed by atoms with E-state index >= 15 is 0 Å². The van der Waals surface area contributed by atoms with E-state index in [0.29, 0.717) is 58.0 Å². The van der Waals surface area contributed by atoms with Crippen LogP contribution in [0.1, 0.15) is 40.2 Å². The predicted molar refractivity (Wildman–Crippen MR) is 202 cm³/mol. The van der Waals surface area contributed by atoms with Gasteiger partial charge in [-0.25, -0.2) is 32.7 Å². The number of ether oxygens (including phenoxy) is 6. The van der Waals surface area contributed by atoms with Crippen LogP contribution in [-0.2, 0) is 9.47 Å². The zero-order valence-electron chi connectivity index (χ0n) is 29.9. The monoisotopic (exact) mass is 820 g/mol. The van der Waals surface area contributed by atoms with Gasteiger partial charge < -0.3 is 28.4 Å². The van der Waals surface area contributed by atoms with Crippen molar-refractivity contribution in [2.45, 2.75) is 19.3 Å². The highest BCUT2D eigenvalue weighted by atomic mass is 79.9. The molecule has 0 spiro atoms. The van der Waals surface area contributed by atoms with E-state index in [9.17, 15) is 22.8 Å². The van der Waals surface area contributed by atoms with Crippen LogP contribution in [0.4, 0.5) is 13.2 Å². The van der Waals surface area contributed by atoms with Gasteiger partial charge in [-0.15, -0.1) is 0 Å². The summed E-state index contributed by atoms with van der Waals surface area (Å²) >= 11 is 3.36. The van der Waals surface area contributed by atoms with Crippen LogP contribution < -0.4 is 18.9 Å². The molecule has 0 aliphatic carbocycles. The lowest BCUT2D eigenvalue weighted by atomic mass is 10.1. The first kappa shape index (κ1) is 40.3. The number of rotatable bonds is 15. The molecule has 0 fully saturated rings. The van der Waals surface area contributed by atoms with Crippen LogP contribution in [0, 0.1) is 17.5 Å². The zero-order chi connectivity index (χ0) is 39.2. The number of hydrogen-bond acceptors (Lipinski definition) is 10. The molecule has 0 unspecified atom stereocenters. The van der Waals surface area contributed by atoms with Gasteiger partial charge in [0, 0.05) is 27.4 Å². The second-order valence-corrected chi connectivity index (χ2v) is 12.6. The minimum absolute atomic E-state index is 0.0930. The number of unbranched alkanes of at least 4 members (excludes halogenated alkanes) is 2. The Balaban J connectivity index is 0.000000212. The standard InChI is InChI=1S/C22H21F2NO4.C19H15BrFNO4/c1-27-22(26)20-14-21(18-13-16(24)7-10-19(18)25-20)29-12-4-2-3-11-28-17-8-5-15(23)6-9-17;1-24-19(23)17-11-18(15-10-13(21)4-7-16(15)22-17)26-9-8-25-14-5-2-12(20)3-6-14/h5-10,13-14H,2-4,11-12H2,1H3;2-7,10-11H,8-9H2,1H3. The highest BCUT2D eigenvalue weighted by Gasteiger charge is 2.15. The topological polar surface area (TPSA) is 115 Å². The SMILES string of the molecule is COC(=O)c1cc(OCCCCCOc2ccc(F)cc2)c2cc(F)ccc2n1.COC(=O)c1cc(OCCOc2ccc(Br)cc2)c2cc(F)ccc2n1. The second-order valence-electron chi connectivity index (χ2n) is 11.7. The van der Waals surface area contributed by atoms with Crippen LogP contribution in [0.5, 0.6) is 23.0 Å². The third kappa shape index (κ3) is 11.8. The van der Waals surface area contributed by atoms with Gasteiger partial charge in [-0.05, 0) is 104 Å². The van der Waals surface area contributed by atoms with E-state index in [1.807, 2.05) is 24.3 Å².